The lowest BCUT2D eigenvalue weighted by Gasteiger charge is -2.54. The van der Waals surface area contributed by atoms with E-state index in [0.717, 1.165) is 0 Å². The van der Waals surface area contributed by atoms with Gasteiger partial charge < -0.3 is 26.2 Å². The normalized spacial score (nSPS) is 29.7. The van der Waals surface area contributed by atoms with Crippen molar-refractivity contribution in [1.29, 1.82) is 0 Å². The van der Waals surface area contributed by atoms with Crippen molar-refractivity contribution in [3.8, 4) is 16.9 Å². The van der Waals surface area contributed by atoms with E-state index in [0.29, 0.717) is 28.5 Å². The topological polar surface area (TPSA) is 178 Å². The first-order chi connectivity index (χ1) is 18.8. The SMILES string of the molecule is C[C@H]1[C@H]2C(=C(O)c3c(ccc(-c4cccc(C=O)c4)c3O)[C@@H]2C)C(=O)[C@]2(O)C(O)=C(C(N)=O)C(=O)[C@@H](N(C)C)[C@H]12. The molecular weight excluding hydrogens is 516 g/mol. The molecule has 5 rings (SSSR count). The average molecular weight is 547 g/mol. The van der Waals surface area contributed by atoms with E-state index in [-0.39, 0.29) is 16.9 Å². The molecule has 1 saturated carbocycles. The molecule has 10 heteroatoms. The molecule has 3 aliphatic carbocycles. The highest BCUT2D eigenvalue weighted by Gasteiger charge is 2.67. The molecule has 6 N–H and O–H groups in total. The molecular formula is C30H30N2O8. The number of fused-ring (bicyclic) bond motifs is 3. The van der Waals surface area contributed by atoms with Gasteiger partial charge in [0, 0.05) is 28.5 Å². The van der Waals surface area contributed by atoms with E-state index in [4.69, 9.17) is 5.73 Å². The molecule has 10 nitrogen and oxygen atoms in total. The fraction of sp³-hybridized carbons (Fsp3) is 0.333. The monoisotopic (exact) mass is 546 g/mol. The molecule has 0 heterocycles. The molecule has 0 radical (unpaired) electrons. The average Bonchev–Trinajstić information content (AvgIpc) is 2.90. The lowest BCUT2D eigenvalue weighted by Crippen LogP contribution is -2.68. The number of aliphatic hydroxyl groups excluding tert-OH is 2. The Labute approximate surface area is 230 Å². The number of phenols is 1. The van der Waals surface area contributed by atoms with Crippen LogP contribution in [-0.4, -0.2) is 74.8 Å². The molecule has 0 aliphatic heterocycles. The largest absolute Gasteiger partial charge is 0.508 e. The molecule has 0 unspecified atom stereocenters. The van der Waals surface area contributed by atoms with Crippen molar-refractivity contribution in [2.45, 2.75) is 31.4 Å². The number of amides is 1. The zero-order valence-corrected chi connectivity index (χ0v) is 22.4. The summed E-state index contributed by atoms with van der Waals surface area (Å²) >= 11 is 0. The molecule has 208 valence electrons. The van der Waals surface area contributed by atoms with Gasteiger partial charge in [0.05, 0.1) is 11.6 Å². The first kappa shape index (κ1) is 27.3. The van der Waals surface area contributed by atoms with Crippen LogP contribution in [0, 0.1) is 17.8 Å². The fourth-order valence-corrected chi connectivity index (χ4v) is 7.11. The van der Waals surface area contributed by atoms with Crippen molar-refractivity contribution in [3.63, 3.8) is 0 Å². The van der Waals surface area contributed by atoms with Gasteiger partial charge in [-0.1, -0.05) is 44.2 Å². The Morgan fingerprint density at radius 1 is 1.07 bits per heavy atom. The summed E-state index contributed by atoms with van der Waals surface area (Å²) in [6.45, 7) is 3.53. The van der Waals surface area contributed by atoms with Gasteiger partial charge in [-0.05, 0) is 43.1 Å². The van der Waals surface area contributed by atoms with Crippen LogP contribution in [0.25, 0.3) is 16.9 Å². The Morgan fingerprint density at radius 2 is 1.75 bits per heavy atom. The van der Waals surface area contributed by atoms with Gasteiger partial charge in [-0.2, -0.15) is 0 Å². The van der Waals surface area contributed by atoms with Crippen LogP contribution >= 0.6 is 0 Å². The van der Waals surface area contributed by atoms with Gasteiger partial charge in [-0.3, -0.25) is 24.1 Å². The summed E-state index contributed by atoms with van der Waals surface area (Å²) in [4.78, 5) is 52.5. The summed E-state index contributed by atoms with van der Waals surface area (Å²) in [6, 6.07) is 8.74. The minimum absolute atomic E-state index is 0.00926. The molecule has 0 bridgehead atoms. The number of benzene rings is 2. The van der Waals surface area contributed by atoms with Crippen LogP contribution in [0.4, 0.5) is 0 Å². The number of hydrogen-bond acceptors (Lipinski definition) is 9. The maximum Gasteiger partial charge on any atom is 0.255 e. The molecule has 1 fully saturated rings. The predicted octanol–water partition coefficient (Wildman–Crippen LogP) is 2.25. The van der Waals surface area contributed by atoms with Crippen LogP contribution < -0.4 is 5.73 Å². The maximum atomic E-state index is 14.2. The number of carbonyl (C=O) groups is 4. The van der Waals surface area contributed by atoms with Gasteiger partial charge in [0.2, 0.25) is 5.78 Å². The van der Waals surface area contributed by atoms with Crippen molar-refractivity contribution in [2.24, 2.45) is 23.5 Å². The minimum Gasteiger partial charge on any atom is -0.508 e. The third-order valence-electron chi connectivity index (χ3n) is 8.86. The first-order valence-electron chi connectivity index (χ1n) is 12.8. The lowest BCUT2D eigenvalue weighted by molar-refractivity contribution is -0.160. The molecule has 2 aromatic rings. The minimum atomic E-state index is -2.73. The first-order valence-corrected chi connectivity index (χ1v) is 12.8. The Balaban J connectivity index is 1.78. The quantitative estimate of drug-likeness (QED) is 0.284. The second-order valence-electron chi connectivity index (χ2n) is 11.1. The van der Waals surface area contributed by atoms with E-state index < -0.39 is 69.9 Å². The highest BCUT2D eigenvalue weighted by molar-refractivity contribution is 6.24. The summed E-state index contributed by atoms with van der Waals surface area (Å²) in [7, 11) is 3.12. The van der Waals surface area contributed by atoms with E-state index in [1.165, 1.54) is 4.90 Å². The molecule has 6 atom stereocenters. The molecule has 0 spiro atoms. The Hall–Kier alpha value is -4.28. The van der Waals surface area contributed by atoms with Gasteiger partial charge in [0.25, 0.3) is 5.91 Å². The summed E-state index contributed by atoms with van der Waals surface area (Å²) in [6.07, 6.45) is 0.667. The van der Waals surface area contributed by atoms with Gasteiger partial charge in [0.1, 0.15) is 29.1 Å². The van der Waals surface area contributed by atoms with E-state index in [9.17, 15) is 39.6 Å². The number of aromatic hydroxyl groups is 1. The second kappa shape index (κ2) is 9.14. The number of aliphatic hydroxyl groups is 3. The molecule has 3 aliphatic rings. The smallest absolute Gasteiger partial charge is 0.255 e. The van der Waals surface area contributed by atoms with E-state index in [1.807, 2.05) is 6.92 Å². The van der Waals surface area contributed by atoms with Crippen LogP contribution in [-0.2, 0) is 14.4 Å². The van der Waals surface area contributed by atoms with E-state index in [1.54, 1.807) is 57.4 Å². The Bertz CT molecular complexity index is 1570. The third kappa shape index (κ3) is 3.42. The standard InChI is InChI=1S/C30H30N2O8/c1-12-16-8-9-17(15-7-5-6-14(10-15)11-33)24(34)19(16)25(35)20-18(12)13(2)22-23(32(3)4)26(36)21(29(31)39)28(38)30(22,40)27(20)37/h5-13,18,22-23,34-35,38,40H,1-4H3,(H2,31,39)/t12-,13-,18-,22-,23-,30-/m0/s1. The number of primary amides is 1. The number of likely N-dealkylation sites (N-methyl/N-ethyl adjacent to an activating group) is 1. The number of Topliss-reactive ketones (excluding diaryl/α,β-unsaturated/α-hetero) is 2. The lowest BCUT2D eigenvalue weighted by atomic mass is 9.51. The molecule has 40 heavy (non-hydrogen) atoms. The van der Waals surface area contributed by atoms with Crippen LogP contribution in [0.5, 0.6) is 5.75 Å². The third-order valence-corrected chi connectivity index (χ3v) is 8.86. The van der Waals surface area contributed by atoms with Crippen molar-refractivity contribution < 1.29 is 39.6 Å². The van der Waals surface area contributed by atoms with Crippen molar-refractivity contribution in [1.82, 2.24) is 4.90 Å². The Morgan fingerprint density at radius 3 is 2.35 bits per heavy atom. The van der Waals surface area contributed by atoms with Crippen LogP contribution in [0.3, 0.4) is 0 Å². The van der Waals surface area contributed by atoms with Gasteiger partial charge >= 0.3 is 0 Å². The number of phenolic OH excluding ortho intramolecular Hbond substituents is 1. The van der Waals surface area contributed by atoms with Gasteiger partial charge in [-0.15, -0.1) is 0 Å². The summed E-state index contributed by atoms with van der Waals surface area (Å²) in [5, 5.41) is 45.9. The summed E-state index contributed by atoms with van der Waals surface area (Å²) in [5.74, 6) is -8.19. The summed E-state index contributed by atoms with van der Waals surface area (Å²) in [5.41, 5.74) is 3.32. The molecule has 0 saturated heterocycles. The van der Waals surface area contributed by atoms with Crippen LogP contribution in [0.1, 0.15) is 41.3 Å². The van der Waals surface area contributed by atoms with E-state index in [2.05, 4.69) is 0 Å². The molecule has 0 aromatic heterocycles. The van der Waals surface area contributed by atoms with E-state index >= 15 is 0 Å². The zero-order chi connectivity index (χ0) is 29.4. The number of aldehydes is 1. The van der Waals surface area contributed by atoms with Crippen LogP contribution in [0.15, 0.2) is 53.3 Å². The number of rotatable bonds is 4. The molecule has 2 aromatic carbocycles. The second-order valence-corrected chi connectivity index (χ2v) is 11.1. The summed E-state index contributed by atoms with van der Waals surface area (Å²) < 4.78 is 0. The highest BCUT2D eigenvalue weighted by Crippen LogP contribution is 2.58. The Kier molecular flexibility index (Phi) is 6.24. The fourth-order valence-electron chi connectivity index (χ4n) is 7.11. The number of ketones is 2. The highest BCUT2D eigenvalue weighted by atomic mass is 16.3. The van der Waals surface area contributed by atoms with Gasteiger partial charge in [-0.25, -0.2) is 0 Å². The predicted molar refractivity (Wildman–Crippen MR) is 144 cm³/mol. The van der Waals surface area contributed by atoms with Crippen molar-refractivity contribution in [2.75, 3.05) is 14.1 Å². The zero-order valence-electron chi connectivity index (χ0n) is 22.4. The number of nitrogens with zero attached hydrogens (tertiary/aromatic N) is 1. The van der Waals surface area contributed by atoms with Gasteiger partial charge in [0.15, 0.2) is 11.4 Å². The number of hydrogen-bond donors (Lipinski definition) is 5. The number of carbonyl (C=O) groups excluding carboxylic acids is 4. The number of nitrogens with two attached hydrogens (primary N) is 1. The maximum absolute atomic E-state index is 14.2. The van der Waals surface area contributed by atoms with Crippen molar-refractivity contribution in [3.05, 3.63) is 70.0 Å². The van der Waals surface area contributed by atoms with Crippen molar-refractivity contribution >= 4 is 29.5 Å². The molecule has 1 amide bonds. The van der Waals surface area contributed by atoms with Crippen LogP contribution in [0.2, 0.25) is 0 Å².